The maximum Gasteiger partial charge on any atom is 0.00412 e. The van der Waals surface area contributed by atoms with Crippen molar-refractivity contribution in [2.45, 2.75) is 60.0 Å². The van der Waals surface area contributed by atoms with E-state index in [-0.39, 0.29) is 0 Å². The van der Waals surface area contributed by atoms with Crippen molar-refractivity contribution in [2.24, 2.45) is 0 Å². The third-order valence-electron chi connectivity index (χ3n) is 2.20. The molecule has 0 saturated heterocycles. The van der Waals surface area contributed by atoms with Crippen molar-refractivity contribution >= 4 is 0 Å². The van der Waals surface area contributed by atoms with Crippen LogP contribution in [-0.4, -0.2) is 23.5 Å². The van der Waals surface area contributed by atoms with E-state index in [1.54, 1.807) is 0 Å². The van der Waals surface area contributed by atoms with E-state index in [1.807, 2.05) is 0 Å². The molecule has 0 spiro atoms. The van der Waals surface area contributed by atoms with Crippen LogP contribution in [0.1, 0.15) is 48.0 Å². The van der Waals surface area contributed by atoms with Crippen LogP contribution in [0.3, 0.4) is 0 Å². The first-order valence-electron chi connectivity index (χ1n) is 5.00. The lowest BCUT2D eigenvalue weighted by Gasteiger charge is -2.30. The van der Waals surface area contributed by atoms with Crippen LogP contribution in [0.2, 0.25) is 0 Å². The Morgan fingerprint density at radius 2 is 1.42 bits per heavy atom. The zero-order valence-corrected chi connectivity index (χ0v) is 9.52. The highest BCUT2D eigenvalue weighted by atomic mass is 15.2. The fraction of sp³-hybridized carbons (Fsp3) is 0.909. The van der Waals surface area contributed by atoms with E-state index in [0.717, 1.165) is 0 Å². The van der Waals surface area contributed by atoms with E-state index in [1.165, 1.54) is 18.9 Å². The highest BCUT2D eigenvalue weighted by Gasteiger charge is 2.12. The van der Waals surface area contributed by atoms with E-state index in [2.05, 4.69) is 46.4 Å². The smallest absolute Gasteiger partial charge is 0.00412 e. The number of rotatable bonds is 5. The molecule has 0 aliphatic carbocycles. The monoisotopic (exact) mass is 170 g/mol. The van der Waals surface area contributed by atoms with Crippen molar-refractivity contribution in [3.05, 3.63) is 5.92 Å². The van der Waals surface area contributed by atoms with E-state index in [0.29, 0.717) is 12.1 Å². The topological polar surface area (TPSA) is 3.24 Å². The molecule has 0 aliphatic rings. The molecule has 0 saturated carbocycles. The van der Waals surface area contributed by atoms with E-state index in [4.69, 9.17) is 0 Å². The molecule has 0 unspecified atom stereocenters. The first kappa shape index (κ1) is 12.0. The molecule has 0 fully saturated rings. The minimum atomic E-state index is 0.671. The second-order valence-corrected chi connectivity index (χ2v) is 4.38. The zero-order valence-electron chi connectivity index (χ0n) is 9.52. The number of hydrogen-bond donors (Lipinski definition) is 0. The minimum Gasteiger partial charge on any atom is -0.299 e. The standard InChI is InChI=1S/C11H24N/c1-9(2)7-8-12(10(3)4)11(5)6/h10-11H,7-8H2,1-6H3. The quantitative estimate of drug-likeness (QED) is 0.613. The SMILES string of the molecule is C[C](C)CCN(C(C)C)C(C)C. The summed E-state index contributed by atoms with van der Waals surface area (Å²) < 4.78 is 0. The van der Waals surface area contributed by atoms with Gasteiger partial charge in [-0.2, -0.15) is 0 Å². The van der Waals surface area contributed by atoms with Gasteiger partial charge in [0, 0.05) is 12.1 Å². The largest absolute Gasteiger partial charge is 0.299 e. The molecule has 0 rings (SSSR count). The molecule has 12 heavy (non-hydrogen) atoms. The van der Waals surface area contributed by atoms with Gasteiger partial charge in [-0.25, -0.2) is 0 Å². The van der Waals surface area contributed by atoms with Crippen molar-refractivity contribution < 1.29 is 0 Å². The molecule has 1 nitrogen and oxygen atoms in total. The molecule has 0 aliphatic heterocycles. The summed E-state index contributed by atoms with van der Waals surface area (Å²) in [4.78, 5) is 2.53. The fourth-order valence-corrected chi connectivity index (χ4v) is 1.47. The Kier molecular flexibility index (Phi) is 5.56. The lowest BCUT2D eigenvalue weighted by molar-refractivity contribution is 0.175. The zero-order chi connectivity index (χ0) is 9.72. The van der Waals surface area contributed by atoms with Crippen molar-refractivity contribution in [1.29, 1.82) is 0 Å². The van der Waals surface area contributed by atoms with E-state index in [9.17, 15) is 0 Å². The van der Waals surface area contributed by atoms with Gasteiger partial charge in [0.05, 0.1) is 0 Å². The molecule has 0 bridgehead atoms. The Labute approximate surface area is 78.1 Å². The summed E-state index contributed by atoms with van der Waals surface area (Å²) in [7, 11) is 0. The Hall–Kier alpha value is -0.0400. The second-order valence-electron chi connectivity index (χ2n) is 4.38. The van der Waals surface area contributed by atoms with Crippen LogP contribution in [-0.2, 0) is 0 Å². The number of hydrogen-bond acceptors (Lipinski definition) is 1. The van der Waals surface area contributed by atoms with Gasteiger partial charge in [0.1, 0.15) is 0 Å². The van der Waals surface area contributed by atoms with Gasteiger partial charge >= 0.3 is 0 Å². The van der Waals surface area contributed by atoms with Crippen LogP contribution < -0.4 is 0 Å². The maximum atomic E-state index is 2.53. The molecule has 1 radical (unpaired) electrons. The molecule has 73 valence electrons. The van der Waals surface area contributed by atoms with Crippen LogP contribution in [0, 0.1) is 5.92 Å². The molecular weight excluding hydrogens is 146 g/mol. The van der Waals surface area contributed by atoms with Crippen molar-refractivity contribution in [3.8, 4) is 0 Å². The van der Waals surface area contributed by atoms with Crippen LogP contribution in [0.15, 0.2) is 0 Å². The highest BCUT2D eigenvalue weighted by molar-refractivity contribution is 4.80. The lowest BCUT2D eigenvalue weighted by atomic mass is 10.1. The summed E-state index contributed by atoms with van der Waals surface area (Å²) in [5.74, 6) is 1.53. The van der Waals surface area contributed by atoms with E-state index >= 15 is 0 Å². The average Bonchev–Trinajstić information content (AvgIpc) is 1.84. The highest BCUT2D eigenvalue weighted by Crippen LogP contribution is 2.10. The average molecular weight is 170 g/mol. The van der Waals surface area contributed by atoms with Gasteiger partial charge in [0.15, 0.2) is 0 Å². The first-order valence-corrected chi connectivity index (χ1v) is 5.00. The van der Waals surface area contributed by atoms with Gasteiger partial charge in [-0.05, 0) is 46.6 Å². The minimum absolute atomic E-state index is 0.671. The van der Waals surface area contributed by atoms with Gasteiger partial charge in [0.2, 0.25) is 0 Å². The van der Waals surface area contributed by atoms with E-state index < -0.39 is 0 Å². The lowest BCUT2D eigenvalue weighted by Crippen LogP contribution is -2.37. The molecular formula is C11H24N. The van der Waals surface area contributed by atoms with Crippen molar-refractivity contribution in [3.63, 3.8) is 0 Å². The normalized spacial score (nSPS) is 12.5. The molecule has 1 heteroatoms. The van der Waals surface area contributed by atoms with Crippen LogP contribution in [0.25, 0.3) is 0 Å². The molecule has 0 amide bonds. The van der Waals surface area contributed by atoms with Crippen LogP contribution in [0.4, 0.5) is 0 Å². The Morgan fingerprint density at radius 1 is 1.00 bits per heavy atom. The Bertz CT molecular complexity index is 97.6. The molecule has 0 atom stereocenters. The van der Waals surface area contributed by atoms with Gasteiger partial charge in [-0.1, -0.05) is 13.8 Å². The molecule has 0 aromatic carbocycles. The summed E-state index contributed by atoms with van der Waals surface area (Å²) in [6, 6.07) is 1.34. The predicted octanol–water partition coefficient (Wildman–Crippen LogP) is 3.11. The molecule has 0 aromatic rings. The van der Waals surface area contributed by atoms with Gasteiger partial charge in [-0.15, -0.1) is 0 Å². The summed E-state index contributed by atoms with van der Waals surface area (Å²) in [5, 5.41) is 0. The number of nitrogens with zero attached hydrogens (tertiary/aromatic N) is 1. The van der Waals surface area contributed by atoms with Crippen molar-refractivity contribution in [2.75, 3.05) is 6.54 Å². The molecule has 0 heterocycles. The third kappa shape index (κ3) is 4.76. The predicted molar refractivity (Wildman–Crippen MR) is 56.2 cm³/mol. The molecule has 0 N–H and O–H groups in total. The summed E-state index contributed by atoms with van der Waals surface area (Å²) in [6.45, 7) is 14.7. The Morgan fingerprint density at radius 3 is 1.67 bits per heavy atom. The summed E-state index contributed by atoms with van der Waals surface area (Å²) >= 11 is 0. The van der Waals surface area contributed by atoms with Gasteiger partial charge < -0.3 is 0 Å². The summed E-state index contributed by atoms with van der Waals surface area (Å²) in [6.07, 6.45) is 1.23. The van der Waals surface area contributed by atoms with Crippen molar-refractivity contribution in [1.82, 2.24) is 4.90 Å². The maximum absolute atomic E-state index is 2.53. The van der Waals surface area contributed by atoms with Crippen LogP contribution >= 0.6 is 0 Å². The third-order valence-corrected chi connectivity index (χ3v) is 2.20. The Balaban J connectivity index is 3.80. The second kappa shape index (κ2) is 5.58. The summed E-state index contributed by atoms with van der Waals surface area (Å²) in [5.41, 5.74) is 0. The molecule has 0 aromatic heterocycles. The fourth-order valence-electron chi connectivity index (χ4n) is 1.47. The van der Waals surface area contributed by atoms with Gasteiger partial charge in [0.25, 0.3) is 0 Å². The van der Waals surface area contributed by atoms with Gasteiger partial charge in [-0.3, -0.25) is 4.90 Å². The first-order chi connectivity index (χ1) is 5.45. The van der Waals surface area contributed by atoms with Crippen LogP contribution in [0.5, 0.6) is 0 Å².